The summed E-state index contributed by atoms with van der Waals surface area (Å²) < 4.78 is 0. The molecule has 1 aromatic heterocycles. The third-order valence-corrected chi connectivity index (χ3v) is 5.13. The first-order chi connectivity index (χ1) is 11.6. The molecule has 0 aliphatic carbocycles. The van der Waals surface area contributed by atoms with Gasteiger partial charge in [-0.2, -0.15) is 0 Å². The van der Waals surface area contributed by atoms with Gasteiger partial charge in [-0.1, -0.05) is 42.5 Å². The lowest BCUT2D eigenvalue weighted by Crippen LogP contribution is -2.48. The van der Waals surface area contributed by atoms with Gasteiger partial charge in [0.25, 0.3) is 5.91 Å². The van der Waals surface area contributed by atoms with Crippen molar-refractivity contribution in [2.24, 2.45) is 0 Å². The first-order valence-corrected chi connectivity index (χ1v) is 9.12. The molecule has 126 valence electrons. The topological polar surface area (TPSA) is 36.4 Å². The molecule has 0 atom stereocenters. The van der Waals surface area contributed by atoms with Crippen LogP contribution in [0.3, 0.4) is 0 Å². The summed E-state index contributed by atoms with van der Waals surface area (Å²) in [5.74, 6) is 0.0799. The van der Waals surface area contributed by atoms with Crippen LogP contribution in [0.4, 0.5) is 0 Å². The fourth-order valence-corrected chi connectivity index (χ4v) is 3.72. The maximum absolute atomic E-state index is 12.6. The molecule has 0 spiro atoms. The Morgan fingerprint density at radius 1 is 1.17 bits per heavy atom. The predicted molar refractivity (Wildman–Crippen MR) is 99.4 cm³/mol. The molecular weight excluding hydrogens is 318 g/mol. The highest BCUT2D eigenvalue weighted by molar-refractivity contribution is 7.11. The van der Waals surface area contributed by atoms with Gasteiger partial charge in [-0.15, -0.1) is 11.3 Å². The molecule has 1 fully saturated rings. The number of thiazole rings is 1. The van der Waals surface area contributed by atoms with Crippen LogP contribution in [0, 0.1) is 13.8 Å². The second-order valence-electron chi connectivity index (χ2n) is 6.04. The van der Waals surface area contributed by atoms with E-state index in [0.717, 1.165) is 42.6 Å². The fourth-order valence-electron chi connectivity index (χ4n) is 2.91. The maximum atomic E-state index is 12.6. The molecule has 1 aromatic carbocycles. The van der Waals surface area contributed by atoms with E-state index in [1.165, 1.54) is 5.56 Å². The number of aryl methyl sites for hydroxylation is 2. The van der Waals surface area contributed by atoms with Crippen LogP contribution in [0.25, 0.3) is 6.08 Å². The highest BCUT2D eigenvalue weighted by Crippen LogP contribution is 2.18. The van der Waals surface area contributed by atoms with E-state index in [0.29, 0.717) is 5.69 Å². The number of carbonyl (C=O) groups is 1. The number of carbonyl (C=O) groups excluding carboxylic acids is 1. The molecule has 2 aromatic rings. The number of piperazine rings is 1. The van der Waals surface area contributed by atoms with Crippen LogP contribution in [0.5, 0.6) is 0 Å². The Morgan fingerprint density at radius 2 is 1.88 bits per heavy atom. The second kappa shape index (κ2) is 7.73. The molecule has 1 aliphatic rings. The zero-order valence-electron chi connectivity index (χ0n) is 14.2. The Labute approximate surface area is 147 Å². The first-order valence-electron chi connectivity index (χ1n) is 8.31. The van der Waals surface area contributed by atoms with Crippen LogP contribution < -0.4 is 0 Å². The van der Waals surface area contributed by atoms with Gasteiger partial charge in [-0.05, 0) is 19.4 Å². The number of nitrogens with zero attached hydrogens (tertiary/aromatic N) is 3. The van der Waals surface area contributed by atoms with Crippen molar-refractivity contribution in [3.8, 4) is 0 Å². The van der Waals surface area contributed by atoms with Gasteiger partial charge in [0.1, 0.15) is 5.69 Å². The second-order valence-corrected chi connectivity index (χ2v) is 7.45. The van der Waals surface area contributed by atoms with Crippen molar-refractivity contribution in [2.45, 2.75) is 13.8 Å². The number of hydrogen-bond donors (Lipinski definition) is 0. The van der Waals surface area contributed by atoms with E-state index in [1.807, 2.05) is 36.9 Å². The van der Waals surface area contributed by atoms with Crippen LogP contribution in [0.1, 0.15) is 25.9 Å². The summed E-state index contributed by atoms with van der Waals surface area (Å²) in [6.45, 7) is 8.21. The van der Waals surface area contributed by atoms with Crippen molar-refractivity contribution in [3.63, 3.8) is 0 Å². The molecular formula is C19H23N3OS. The Bertz CT molecular complexity index is 715. The molecule has 0 unspecified atom stereocenters. The van der Waals surface area contributed by atoms with Crippen LogP contribution in [0.15, 0.2) is 36.4 Å². The smallest absolute Gasteiger partial charge is 0.273 e. The molecule has 0 N–H and O–H groups in total. The van der Waals surface area contributed by atoms with Crippen molar-refractivity contribution < 1.29 is 4.79 Å². The average Bonchev–Trinajstić information content (AvgIpc) is 2.94. The minimum Gasteiger partial charge on any atom is -0.335 e. The minimum atomic E-state index is 0.0799. The Hall–Kier alpha value is -1.98. The van der Waals surface area contributed by atoms with E-state index in [-0.39, 0.29) is 5.91 Å². The SMILES string of the molecule is Cc1nc(C(=O)N2CCN(C/C=C/c3ccccc3)CC2)c(C)s1. The van der Waals surface area contributed by atoms with E-state index in [9.17, 15) is 4.79 Å². The van der Waals surface area contributed by atoms with Crippen LogP contribution in [-0.4, -0.2) is 53.4 Å². The highest BCUT2D eigenvalue weighted by atomic mass is 32.1. The summed E-state index contributed by atoms with van der Waals surface area (Å²) >= 11 is 1.59. The van der Waals surface area contributed by atoms with E-state index in [4.69, 9.17) is 0 Å². The molecule has 2 heterocycles. The van der Waals surface area contributed by atoms with Crippen molar-refractivity contribution in [2.75, 3.05) is 32.7 Å². The van der Waals surface area contributed by atoms with Gasteiger partial charge in [0, 0.05) is 37.6 Å². The number of aromatic nitrogens is 1. The maximum Gasteiger partial charge on any atom is 0.273 e. The minimum absolute atomic E-state index is 0.0799. The lowest BCUT2D eigenvalue weighted by Gasteiger charge is -2.33. The third-order valence-electron chi connectivity index (χ3n) is 4.24. The summed E-state index contributed by atoms with van der Waals surface area (Å²) in [4.78, 5) is 22.3. The Kier molecular flexibility index (Phi) is 5.43. The van der Waals surface area contributed by atoms with E-state index in [1.54, 1.807) is 11.3 Å². The summed E-state index contributed by atoms with van der Waals surface area (Å²) in [7, 11) is 0. The molecule has 5 heteroatoms. The number of amides is 1. The number of benzene rings is 1. The fraction of sp³-hybridized carbons (Fsp3) is 0.368. The molecule has 0 bridgehead atoms. The van der Waals surface area contributed by atoms with Gasteiger partial charge >= 0.3 is 0 Å². The molecule has 1 saturated heterocycles. The van der Waals surface area contributed by atoms with Crippen LogP contribution >= 0.6 is 11.3 Å². The highest BCUT2D eigenvalue weighted by Gasteiger charge is 2.24. The molecule has 24 heavy (non-hydrogen) atoms. The van der Waals surface area contributed by atoms with Gasteiger partial charge in [0.15, 0.2) is 0 Å². The molecule has 4 nitrogen and oxygen atoms in total. The number of hydrogen-bond acceptors (Lipinski definition) is 4. The monoisotopic (exact) mass is 341 g/mol. The van der Waals surface area contributed by atoms with E-state index in [2.05, 4.69) is 34.2 Å². The summed E-state index contributed by atoms with van der Waals surface area (Å²) in [5.41, 5.74) is 1.86. The summed E-state index contributed by atoms with van der Waals surface area (Å²) in [6.07, 6.45) is 4.35. The van der Waals surface area contributed by atoms with Gasteiger partial charge in [0.05, 0.1) is 5.01 Å². The largest absolute Gasteiger partial charge is 0.335 e. The molecule has 0 saturated carbocycles. The average molecular weight is 341 g/mol. The molecule has 3 rings (SSSR count). The van der Waals surface area contributed by atoms with Crippen LogP contribution in [-0.2, 0) is 0 Å². The third kappa shape index (κ3) is 4.10. The van der Waals surface area contributed by atoms with Gasteiger partial charge < -0.3 is 4.90 Å². The van der Waals surface area contributed by atoms with Gasteiger partial charge in [-0.3, -0.25) is 9.69 Å². The van der Waals surface area contributed by atoms with Gasteiger partial charge in [-0.25, -0.2) is 4.98 Å². The van der Waals surface area contributed by atoms with Crippen molar-refractivity contribution in [3.05, 3.63) is 57.6 Å². The van der Waals surface area contributed by atoms with Gasteiger partial charge in [0.2, 0.25) is 0 Å². The zero-order valence-corrected chi connectivity index (χ0v) is 15.1. The molecule has 0 radical (unpaired) electrons. The normalized spacial score (nSPS) is 16.0. The van der Waals surface area contributed by atoms with Crippen molar-refractivity contribution in [1.29, 1.82) is 0 Å². The molecule has 1 aliphatic heterocycles. The predicted octanol–water partition coefficient (Wildman–Crippen LogP) is 3.23. The van der Waals surface area contributed by atoms with Crippen molar-refractivity contribution in [1.82, 2.24) is 14.8 Å². The summed E-state index contributed by atoms with van der Waals surface area (Å²) in [6, 6.07) is 10.3. The quantitative estimate of drug-likeness (QED) is 0.857. The lowest BCUT2D eigenvalue weighted by atomic mass is 10.2. The summed E-state index contributed by atoms with van der Waals surface area (Å²) in [5, 5.41) is 0.959. The lowest BCUT2D eigenvalue weighted by molar-refractivity contribution is 0.0644. The number of rotatable bonds is 4. The van der Waals surface area contributed by atoms with E-state index >= 15 is 0 Å². The standard InChI is InChI=1S/C19H23N3OS/c1-15-18(20-16(2)24-15)19(23)22-13-11-21(12-14-22)10-6-9-17-7-4-3-5-8-17/h3-9H,10-14H2,1-2H3/b9-6+. The zero-order chi connectivity index (χ0) is 16.9. The van der Waals surface area contributed by atoms with E-state index < -0.39 is 0 Å². The van der Waals surface area contributed by atoms with Crippen molar-refractivity contribution >= 4 is 23.3 Å². The van der Waals surface area contributed by atoms with Crippen LogP contribution in [0.2, 0.25) is 0 Å². The first kappa shape index (κ1) is 16.9. The Morgan fingerprint density at radius 3 is 2.50 bits per heavy atom. The molecule has 1 amide bonds. The Balaban J connectivity index is 1.50.